The van der Waals surface area contributed by atoms with Crippen LogP contribution in [0, 0.1) is 0 Å². The van der Waals surface area contributed by atoms with E-state index in [9.17, 15) is 9.59 Å². The van der Waals surface area contributed by atoms with Gasteiger partial charge in [0.25, 0.3) is 5.56 Å². The van der Waals surface area contributed by atoms with Crippen molar-refractivity contribution in [3.05, 3.63) is 20.8 Å². The molecule has 6 nitrogen and oxygen atoms in total. The number of aromatic nitrogens is 2. The Hall–Kier alpha value is -1.38. The lowest BCUT2D eigenvalue weighted by atomic mass is 10.2. The Balaban J connectivity index is 1.57. The highest BCUT2D eigenvalue weighted by molar-refractivity contribution is 7.99. The Bertz CT molecular complexity index is 944. The molecule has 0 atom stereocenters. The van der Waals surface area contributed by atoms with Crippen molar-refractivity contribution < 1.29 is 4.79 Å². The molecule has 1 amide bonds. The number of thiophene rings is 1. The number of likely N-dealkylation sites (N-methyl/N-ethyl adjacent to an activating group) is 1. The van der Waals surface area contributed by atoms with Crippen LogP contribution in [-0.2, 0) is 24.2 Å². The number of fused-ring (bicyclic) bond motifs is 3. The normalized spacial score (nSPS) is 17.2. The molecule has 0 spiro atoms. The van der Waals surface area contributed by atoms with E-state index in [2.05, 4.69) is 18.9 Å². The summed E-state index contributed by atoms with van der Waals surface area (Å²) in [7, 11) is 2.09. The smallest absolute Gasteiger partial charge is 0.263 e. The summed E-state index contributed by atoms with van der Waals surface area (Å²) in [6, 6.07) is 0. The van der Waals surface area contributed by atoms with E-state index in [1.807, 2.05) is 9.47 Å². The van der Waals surface area contributed by atoms with Crippen molar-refractivity contribution in [1.82, 2.24) is 19.4 Å². The maximum absolute atomic E-state index is 13.4. The number of carbonyl (C=O) groups excluding carboxylic acids is 1. The number of aryl methyl sites for hydroxylation is 2. The van der Waals surface area contributed by atoms with Crippen LogP contribution < -0.4 is 5.56 Å². The summed E-state index contributed by atoms with van der Waals surface area (Å²) in [5, 5.41) is 1.55. The number of thioether (sulfide) groups is 1. The first-order chi connectivity index (χ1) is 14.1. The minimum Gasteiger partial charge on any atom is -0.339 e. The van der Waals surface area contributed by atoms with Crippen molar-refractivity contribution in [3.63, 3.8) is 0 Å². The van der Waals surface area contributed by atoms with E-state index >= 15 is 0 Å². The molecule has 0 unspecified atom stereocenters. The second-order valence-electron chi connectivity index (χ2n) is 8.07. The van der Waals surface area contributed by atoms with E-state index in [1.54, 1.807) is 11.3 Å². The molecule has 158 valence electrons. The van der Waals surface area contributed by atoms with Gasteiger partial charge in [0.2, 0.25) is 5.91 Å². The van der Waals surface area contributed by atoms with Gasteiger partial charge in [-0.15, -0.1) is 11.3 Å². The van der Waals surface area contributed by atoms with Crippen LogP contribution in [0.25, 0.3) is 10.2 Å². The molecule has 1 aliphatic carbocycles. The molecular weight excluding hydrogens is 404 g/mol. The highest BCUT2D eigenvalue weighted by Gasteiger charge is 2.24. The minimum atomic E-state index is 0.0973. The van der Waals surface area contributed by atoms with Gasteiger partial charge in [-0.05, 0) is 38.3 Å². The fraction of sp³-hybridized carbons (Fsp3) is 0.667. The molecule has 1 saturated heterocycles. The number of rotatable bonds is 7. The molecule has 1 fully saturated rings. The maximum Gasteiger partial charge on any atom is 0.263 e. The topological polar surface area (TPSA) is 58.4 Å². The summed E-state index contributed by atoms with van der Waals surface area (Å²) in [5.41, 5.74) is 1.33. The fourth-order valence-electron chi connectivity index (χ4n) is 4.16. The van der Waals surface area contributed by atoms with E-state index in [0.717, 1.165) is 74.9 Å². The highest BCUT2D eigenvalue weighted by Crippen LogP contribution is 2.35. The zero-order valence-corrected chi connectivity index (χ0v) is 19.0. The molecule has 2 aromatic rings. The molecule has 0 bridgehead atoms. The van der Waals surface area contributed by atoms with E-state index in [0.29, 0.717) is 17.5 Å². The van der Waals surface area contributed by atoms with Crippen LogP contribution in [0.2, 0.25) is 0 Å². The van der Waals surface area contributed by atoms with Crippen molar-refractivity contribution in [3.8, 4) is 0 Å². The van der Waals surface area contributed by atoms with Crippen molar-refractivity contribution in [2.45, 2.75) is 57.1 Å². The van der Waals surface area contributed by atoms with Crippen LogP contribution in [0.15, 0.2) is 9.95 Å². The fourth-order valence-corrected chi connectivity index (χ4v) is 6.39. The predicted molar refractivity (Wildman–Crippen MR) is 120 cm³/mol. The molecule has 3 heterocycles. The van der Waals surface area contributed by atoms with Gasteiger partial charge >= 0.3 is 0 Å². The van der Waals surface area contributed by atoms with Crippen molar-refractivity contribution in [1.29, 1.82) is 0 Å². The highest BCUT2D eigenvalue weighted by atomic mass is 32.2. The Labute approximate surface area is 180 Å². The molecule has 1 aliphatic heterocycles. The molecule has 0 aromatic carbocycles. The molecule has 0 saturated carbocycles. The number of amides is 1. The van der Waals surface area contributed by atoms with Crippen LogP contribution in [0.3, 0.4) is 0 Å². The van der Waals surface area contributed by atoms with Gasteiger partial charge in [-0.1, -0.05) is 31.5 Å². The zero-order valence-electron chi connectivity index (χ0n) is 17.4. The molecule has 2 aromatic heterocycles. The predicted octanol–water partition coefficient (Wildman–Crippen LogP) is 3.00. The third-order valence-corrected chi connectivity index (χ3v) is 8.10. The Morgan fingerprint density at radius 2 is 1.97 bits per heavy atom. The van der Waals surface area contributed by atoms with Crippen LogP contribution in [0.5, 0.6) is 0 Å². The summed E-state index contributed by atoms with van der Waals surface area (Å²) in [5.74, 6) is 0.492. The Morgan fingerprint density at radius 1 is 1.17 bits per heavy atom. The number of unbranched alkanes of at least 4 members (excludes halogenated alkanes) is 2. The van der Waals surface area contributed by atoms with Gasteiger partial charge in [0.1, 0.15) is 4.83 Å². The maximum atomic E-state index is 13.4. The van der Waals surface area contributed by atoms with Gasteiger partial charge < -0.3 is 9.80 Å². The summed E-state index contributed by atoms with van der Waals surface area (Å²) >= 11 is 3.11. The SMILES string of the molecule is CCCCCn1c(SCC(=O)N2CCN(C)CC2)nc2sc3c(c2c1=O)CCC3. The summed E-state index contributed by atoms with van der Waals surface area (Å²) in [6.45, 7) is 6.25. The zero-order chi connectivity index (χ0) is 20.4. The van der Waals surface area contributed by atoms with E-state index < -0.39 is 0 Å². The average Bonchev–Trinajstić information content (AvgIpc) is 3.29. The molecule has 2 aliphatic rings. The number of carbonyl (C=O) groups is 1. The molecule has 0 radical (unpaired) electrons. The van der Waals surface area contributed by atoms with E-state index in [1.165, 1.54) is 22.2 Å². The first-order valence-corrected chi connectivity index (χ1v) is 12.5. The van der Waals surface area contributed by atoms with E-state index in [4.69, 9.17) is 4.98 Å². The molecule has 29 heavy (non-hydrogen) atoms. The average molecular weight is 435 g/mol. The van der Waals surface area contributed by atoms with Crippen molar-refractivity contribution >= 4 is 39.2 Å². The lowest BCUT2D eigenvalue weighted by Crippen LogP contribution is -2.47. The standard InChI is InChI=1S/C21H30N4O2S2/c1-3-4-5-9-25-20(27)18-15-7-6-8-16(15)29-19(18)22-21(25)28-14-17(26)24-12-10-23(2)11-13-24/h3-14H2,1-2H3. The number of hydrogen-bond donors (Lipinski definition) is 0. The molecule has 0 N–H and O–H groups in total. The second kappa shape index (κ2) is 9.18. The van der Waals surface area contributed by atoms with Crippen LogP contribution >= 0.6 is 23.1 Å². The minimum absolute atomic E-state index is 0.0973. The number of nitrogens with zero attached hydrogens (tertiary/aromatic N) is 4. The Kier molecular flexibility index (Phi) is 6.61. The van der Waals surface area contributed by atoms with Gasteiger partial charge in [-0.2, -0.15) is 0 Å². The van der Waals surface area contributed by atoms with Gasteiger partial charge in [-0.3, -0.25) is 14.2 Å². The largest absolute Gasteiger partial charge is 0.339 e. The van der Waals surface area contributed by atoms with Gasteiger partial charge in [0, 0.05) is 37.6 Å². The first kappa shape index (κ1) is 20.9. The third kappa shape index (κ3) is 4.39. The van der Waals surface area contributed by atoms with Crippen LogP contribution in [0.4, 0.5) is 0 Å². The van der Waals surface area contributed by atoms with Gasteiger partial charge in [-0.25, -0.2) is 4.98 Å². The van der Waals surface area contributed by atoms with Gasteiger partial charge in [0.05, 0.1) is 11.1 Å². The summed E-state index contributed by atoms with van der Waals surface area (Å²) in [4.78, 5) is 37.3. The van der Waals surface area contributed by atoms with Crippen molar-refractivity contribution in [2.24, 2.45) is 0 Å². The second-order valence-corrected chi connectivity index (χ2v) is 10.1. The Morgan fingerprint density at radius 3 is 2.72 bits per heavy atom. The molecular formula is C21H30N4O2S2. The quantitative estimate of drug-likeness (QED) is 0.381. The lowest BCUT2D eigenvalue weighted by molar-refractivity contribution is -0.129. The van der Waals surface area contributed by atoms with Crippen molar-refractivity contribution in [2.75, 3.05) is 39.0 Å². The van der Waals surface area contributed by atoms with Gasteiger partial charge in [0.15, 0.2) is 5.16 Å². The number of piperazine rings is 1. The first-order valence-electron chi connectivity index (χ1n) is 10.7. The molecule has 8 heteroatoms. The van der Waals surface area contributed by atoms with Crippen LogP contribution in [-0.4, -0.2) is 64.2 Å². The van der Waals surface area contributed by atoms with E-state index in [-0.39, 0.29) is 11.5 Å². The summed E-state index contributed by atoms with van der Waals surface area (Å²) in [6.07, 6.45) is 6.38. The number of hydrogen-bond acceptors (Lipinski definition) is 6. The third-order valence-electron chi connectivity index (χ3n) is 5.96. The molecule has 4 rings (SSSR count). The lowest BCUT2D eigenvalue weighted by Gasteiger charge is -2.32. The summed E-state index contributed by atoms with van der Waals surface area (Å²) < 4.78 is 1.84. The monoisotopic (exact) mass is 434 g/mol. The van der Waals surface area contributed by atoms with Crippen LogP contribution in [0.1, 0.15) is 43.0 Å².